The average molecular weight is 294 g/mol. The fourth-order valence-electron chi connectivity index (χ4n) is 4.64. The third-order valence-electron chi connectivity index (χ3n) is 5.99. The summed E-state index contributed by atoms with van der Waals surface area (Å²) in [6, 6.07) is 0.548. The van der Waals surface area contributed by atoms with Crippen molar-refractivity contribution in [1.29, 1.82) is 0 Å². The molecular formula is C17H30N2O2. The Morgan fingerprint density at radius 1 is 1.00 bits per heavy atom. The molecule has 2 N–H and O–H groups in total. The predicted octanol–water partition coefficient (Wildman–Crippen LogP) is 2.06. The maximum absolute atomic E-state index is 12.8. The first-order valence-electron chi connectivity index (χ1n) is 8.87. The topological polar surface area (TPSA) is 52.6 Å². The number of carbonyl (C=O) groups excluding carboxylic acids is 1. The highest BCUT2D eigenvalue weighted by molar-refractivity contribution is 5.82. The Morgan fingerprint density at radius 2 is 1.71 bits per heavy atom. The Balaban J connectivity index is 1.59. The number of hydrogen-bond donors (Lipinski definition) is 2. The standard InChI is InChI=1S/C17H30N2O2/c1-19(15-8-4-5-9-16(15)20)17(21)14-11-10-12-6-2-3-7-13(12)18-14/h12-16,18,20H,2-11H2,1H3. The molecule has 4 heteroatoms. The van der Waals surface area contributed by atoms with Crippen molar-refractivity contribution in [2.24, 2.45) is 5.92 Å². The molecule has 2 aliphatic carbocycles. The molecule has 3 fully saturated rings. The van der Waals surface area contributed by atoms with E-state index in [9.17, 15) is 9.90 Å². The molecule has 3 rings (SSSR count). The molecule has 5 unspecified atom stereocenters. The van der Waals surface area contributed by atoms with Gasteiger partial charge < -0.3 is 15.3 Å². The van der Waals surface area contributed by atoms with Crippen LogP contribution in [0.25, 0.3) is 0 Å². The van der Waals surface area contributed by atoms with Crippen LogP contribution in [-0.4, -0.2) is 47.2 Å². The number of aliphatic hydroxyl groups excluding tert-OH is 1. The Hall–Kier alpha value is -0.610. The quantitative estimate of drug-likeness (QED) is 0.819. The van der Waals surface area contributed by atoms with Gasteiger partial charge in [-0.3, -0.25) is 4.79 Å². The number of fused-ring (bicyclic) bond motifs is 1. The zero-order valence-corrected chi connectivity index (χ0v) is 13.3. The smallest absolute Gasteiger partial charge is 0.239 e. The summed E-state index contributed by atoms with van der Waals surface area (Å²) in [7, 11) is 1.89. The number of nitrogens with zero attached hydrogens (tertiary/aromatic N) is 1. The molecular weight excluding hydrogens is 264 g/mol. The SMILES string of the molecule is CN(C(=O)C1CCC2CCCCC2N1)C1CCCCC1O. The van der Waals surface area contributed by atoms with E-state index < -0.39 is 0 Å². The van der Waals surface area contributed by atoms with Crippen LogP contribution in [-0.2, 0) is 4.79 Å². The Bertz CT molecular complexity index is 374. The maximum Gasteiger partial charge on any atom is 0.239 e. The predicted molar refractivity (Wildman–Crippen MR) is 82.9 cm³/mol. The third-order valence-corrected chi connectivity index (χ3v) is 5.99. The Labute approximate surface area is 128 Å². The van der Waals surface area contributed by atoms with E-state index in [4.69, 9.17) is 0 Å². The van der Waals surface area contributed by atoms with Crippen LogP contribution in [0, 0.1) is 5.92 Å². The summed E-state index contributed by atoms with van der Waals surface area (Å²) >= 11 is 0. The first-order chi connectivity index (χ1) is 10.2. The van der Waals surface area contributed by atoms with Gasteiger partial charge in [0.2, 0.25) is 5.91 Å². The normalized spacial score (nSPS) is 40.4. The summed E-state index contributed by atoms with van der Waals surface area (Å²) in [6.07, 6.45) is 11.0. The molecule has 0 bridgehead atoms. The van der Waals surface area contributed by atoms with E-state index in [1.165, 1.54) is 32.1 Å². The molecule has 1 aliphatic heterocycles. The van der Waals surface area contributed by atoms with Gasteiger partial charge in [-0.1, -0.05) is 25.7 Å². The number of nitrogens with one attached hydrogen (secondary N) is 1. The van der Waals surface area contributed by atoms with Gasteiger partial charge >= 0.3 is 0 Å². The van der Waals surface area contributed by atoms with Crippen molar-refractivity contribution < 1.29 is 9.90 Å². The number of likely N-dealkylation sites (N-methyl/N-ethyl adjacent to an activating group) is 1. The van der Waals surface area contributed by atoms with Gasteiger partial charge in [-0.15, -0.1) is 0 Å². The highest BCUT2D eigenvalue weighted by Gasteiger charge is 2.38. The van der Waals surface area contributed by atoms with Crippen LogP contribution in [0.5, 0.6) is 0 Å². The first-order valence-corrected chi connectivity index (χ1v) is 8.87. The molecule has 5 atom stereocenters. The van der Waals surface area contributed by atoms with Crippen LogP contribution in [0.2, 0.25) is 0 Å². The van der Waals surface area contributed by atoms with E-state index in [1.807, 2.05) is 11.9 Å². The number of rotatable bonds is 2. The van der Waals surface area contributed by atoms with Crippen molar-refractivity contribution in [3.8, 4) is 0 Å². The highest BCUT2D eigenvalue weighted by atomic mass is 16.3. The van der Waals surface area contributed by atoms with Crippen LogP contribution in [0.1, 0.15) is 64.2 Å². The molecule has 0 radical (unpaired) electrons. The van der Waals surface area contributed by atoms with Crippen molar-refractivity contribution in [2.75, 3.05) is 7.05 Å². The largest absolute Gasteiger partial charge is 0.391 e. The summed E-state index contributed by atoms with van der Waals surface area (Å²) in [5.41, 5.74) is 0. The molecule has 1 amide bonds. The first kappa shape index (κ1) is 15.3. The number of hydrogen-bond acceptors (Lipinski definition) is 3. The molecule has 4 nitrogen and oxygen atoms in total. The van der Waals surface area contributed by atoms with Gasteiger partial charge in [0.25, 0.3) is 0 Å². The van der Waals surface area contributed by atoms with Gasteiger partial charge in [0.15, 0.2) is 0 Å². The van der Waals surface area contributed by atoms with Gasteiger partial charge in [-0.05, 0) is 44.4 Å². The van der Waals surface area contributed by atoms with Gasteiger partial charge in [-0.2, -0.15) is 0 Å². The van der Waals surface area contributed by atoms with E-state index in [-0.39, 0.29) is 24.1 Å². The van der Waals surface area contributed by atoms with E-state index in [2.05, 4.69) is 5.32 Å². The minimum absolute atomic E-state index is 0.0246. The molecule has 21 heavy (non-hydrogen) atoms. The van der Waals surface area contributed by atoms with Crippen LogP contribution in [0.4, 0.5) is 0 Å². The Kier molecular flexibility index (Phi) is 4.85. The van der Waals surface area contributed by atoms with Crippen molar-refractivity contribution in [3.05, 3.63) is 0 Å². The summed E-state index contributed by atoms with van der Waals surface area (Å²) < 4.78 is 0. The van der Waals surface area contributed by atoms with Gasteiger partial charge in [0.05, 0.1) is 18.2 Å². The van der Waals surface area contributed by atoms with E-state index in [0.29, 0.717) is 6.04 Å². The monoisotopic (exact) mass is 294 g/mol. The average Bonchev–Trinajstić information content (AvgIpc) is 2.53. The zero-order chi connectivity index (χ0) is 14.8. The van der Waals surface area contributed by atoms with E-state index >= 15 is 0 Å². The third kappa shape index (κ3) is 3.26. The molecule has 0 aromatic heterocycles. The molecule has 120 valence electrons. The van der Waals surface area contributed by atoms with Gasteiger partial charge in [0.1, 0.15) is 0 Å². The lowest BCUT2D eigenvalue weighted by atomic mass is 9.77. The fraction of sp³-hybridized carbons (Fsp3) is 0.941. The minimum Gasteiger partial charge on any atom is -0.391 e. The summed E-state index contributed by atoms with van der Waals surface area (Å²) in [5.74, 6) is 0.985. The van der Waals surface area contributed by atoms with Gasteiger partial charge in [0, 0.05) is 13.1 Å². The second-order valence-electron chi connectivity index (χ2n) is 7.32. The van der Waals surface area contributed by atoms with Crippen molar-refractivity contribution in [2.45, 2.75) is 88.4 Å². The number of carbonyl (C=O) groups is 1. The highest BCUT2D eigenvalue weighted by Crippen LogP contribution is 2.33. The second-order valence-corrected chi connectivity index (χ2v) is 7.32. The van der Waals surface area contributed by atoms with Crippen LogP contribution >= 0.6 is 0 Å². The van der Waals surface area contributed by atoms with Crippen LogP contribution < -0.4 is 5.32 Å². The molecule has 0 aromatic rings. The van der Waals surface area contributed by atoms with Gasteiger partial charge in [-0.25, -0.2) is 0 Å². The number of amides is 1. The molecule has 1 saturated heterocycles. The zero-order valence-electron chi connectivity index (χ0n) is 13.3. The number of piperidine rings is 1. The molecule has 1 heterocycles. The van der Waals surface area contributed by atoms with Crippen molar-refractivity contribution in [3.63, 3.8) is 0 Å². The fourth-order valence-corrected chi connectivity index (χ4v) is 4.64. The summed E-state index contributed by atoms with van der Waals surface area (Å²) in [4.78, 5) is 14.6. The maximum atomic E-state index is 12.8. The lowest BCUT2D eigenvalue weighted by molar-refractivity contribution is -0.139. The second kappa shape index (κ2) is 6.66. The van der Waals surface area contributed by atoms with Crippen molar-refractivity contribution in [1.82, 2.24) is 10.2 Å². The molecule has 0 aromatic carbocycles. The summed E-state index contributed by atoms with van der Waals surface area (Å²) in [6.45, 7) is 0. The molecule has 0 spiro atoms. The lowest BCUT2D eigenvalue weighted by Crippen LogP contribution is -2.58. The van der Waals surface area contributed by atoms with E-state index in [0.717, 1.165) is 38.0 Å². The Morgan fingerprint density at radius 3 is 2.52 bits per heavy atom. The molecule has 2 saturated carbocycles. The van der Waals surface area contributed by atoms with Crippen LogP contribution in [0.3, 0.4) is 0 Å². The lowest BCUT2D eigenvalue weighted by Gasteiger charge is -2.43. The number of aliphatic hydroxyl groups is 1. The molecule has 3 aliphatic rings. The van der Waals surface area contributed by atoms with Crippen molar-refractivity contribution >= 4 is 5.91 Å². The van der Waals surface area contributed by atoms with Crippen LogP contribution in [0.15, 0.2) is 0 Å². The van der Waals surface area contributed by atoms with E-state index in [1.54, 1.807) is 0 Å². The minimum atomic E-state index is -0.335. The summed E-state index contributed by atoms with van der Waals surface area (Å²) in [5, 5.41) is 13.8.